The standard InChI is InChI=1S/C11H12O5/c1-7(12)15-10-6-4-3-5-9(10)11(14)16-8(2)13/h3-6,11,14H,1-2H3/t11-/m0/s1. The highest BCUT2D eigenvalue weighted by Gasteiger charge is 2.16. The average Bonchev–Trinajstić information content (AvgIpc) is 2.16. The summed E-state index contributed by atoms with van der Waals surface area (Å²) in [6, 6.07) is 6.28. The van der Waals surface area contributed by atoms with E-state index in [0.29, 0.717) is 0 Å². The molecule has 0 heterocycles. The van der Waals surface area contributed by atoms with Gasteiger partial charge in [-0.3, -0.25) is 9.59 Å². The monoisotopic (exact) mass is 224 g/mol. The average molecular weight is 224 g/mol. The molecule has 0 saturated heterocycles. The molecule has 0 aliphatic rings. The number of carbonyl (C=O) groups excluding carboxylic acids is 2. The number of esters is 2. The largest absolute Gasteiger partial charge is 0.431 e. The van der Waals surface area contributed by atoms with E-state index in [2.05, 4.69) is 4.74 Å². The normalized spacial score (nSPS) is 11.7. The van der Waals surface area contributed by atoms with E-state index in [1.165, 1.54) is 26.0 Å². The Balaban J connectivity index is 2.93. The second kappa shape index (κ2) is 5.27. The molecule has 0 saturated carbocycles. The minimum Gasteiger partial charge on any atom is -0.431 e. The summed E-state index contributed by atoms with van der Waals surface area (Å²) in [6.45, 7) is 2.42. The number of hydrogen-bond acceptors (Lipinski definition) is 5. The number of carbonyl (C=O) groups is 2. The first kappa shape index (κ1) is 12.2. The molecule has 1 rings (SSSR count). The fraction of sp³-hybridized carbons (Fsp3) is 0.273. The van der Waals surface area contributed by atoms with Gasteiger partial charge in [-0.15, -0.1) is 0 Å². The Morgan fingerprint density at radius 3 is 2.38 bits per heavy atom. The van der Waals surface area contributed by atoms with Crippen molar-refractivity contribution < 1.29 is 24.2 Å². The van der Waals surface area contributed by atoms with E-state index in [4.69, 9.17) is 4.74 Å². The molecular weight excluding hydrogens is 212 g/mol. The third kappa shape index (κ3) is 3.36. The zero-order valence-corrected chi connectivity index (χ0v) is 8.97. The lowest BCUT2D eigenvalue weighted by molar-refractivity contribution is -0.166. The molecule has 5 nitrogen and oxygen atoms in total. The van der Waals surface area contributed by atoms with E-state index in [-0.39, 0.29) is 11.3 Å². The maximum atomic E-state index is 10.8. The molecule has 0 fully saturated rings. The van der Waals surface area contributed by atoms with Crippen LogP contribution in [0.2, 0.25) is 0 Å². The second-order valence-electron chi connectivity index (χ2n) is 3.09. The van der Waals surface area contributed by atoms with Gasteiger partial charge in [0.25, 0.3) is 0 Å². The highest BCUT2D eigenvalue weighted by Crippen LogP contribution is 2.25. The number of aliphatic hydroxyl groups is 1. The van der Waals surface area contributed by atoms with Gasteiger partial charge in [0, 0.05) is 13.8 Å². The van der Waals surface area contributed by atoms with Crippen LogP contribution in [0.4, 0.5) is 0 Å². The summed E-state index contributed by atoms with van der Waals surface area (Å²) in [4.78, 5) is 21.5. The van der Waals surface area contributed by atoms with Crippen LogP contribution in [0.1, 0.15) is 25.7 Å². The third-order valence-electron chi connectivity index (χ3n) is 1.72. The van der Waals surface area contributed by atoms with E-state index in [1.54, 1.807) is 12.1 Å². The van der Waals surface area contributed by atoms with E-state index in [1.807, 2.05) is 0 Å². The van der Waals surface area contributed by atoms with E-state index < -0.39 is 18.2 Å². The van der Waals surface area contributed by atoms with Gasteiger partial charge >= 0.3 is 11.9 Å². The van der Waals surface area contributed by atoms with Crippen LogP contribution < -0.4 is 4.74 Å². The van der Waals surface area contributed by atoms with Crippen LogP contribution in [0.15, 0.2) is 24.3 Å². The Kier molecular flexibility index (Phi) is 4.02. The van der Waals surface area contributed by atoms with Crippen molar-refractivity contribution in [3.8, 4) is 5.75 Å². The maximum Gasteiger partial charge on any atom is 0.308 e. The summed E-state index contributed by atoms with van der Waals surface area (Å²) in [5, 5.41) is 9.55. The Hall–Kier alpha value is -1.88. The van der Waals surface area contributed by atoms with Crippen molar-refractivity contribution in [2.45, 2.75) is 20.1 Å². The van der Waals surface area contributed by atoms with Gasteiger partial charge in [0.2, 0.25) is 6.29 Å². The van der Waals surface area contributed by atoms with Gasteiger partial charge in [-0.1, -0.05) is 12.1 Å². The van der Waals surface area contributed by atoms with Gasteiger partial charge in [-0.2, -0.15) is 0 Å². The topological polar surface area (TPSA) is 72.8 Å². The summed E-state index contributed by atoms with van der Waals surface area (Å²) in [5.41, 5.74) is 0.230. The van der Waals surface area contributed by atoms with Crippen molar-refractivity contribution in [1.29, 1.82) is 0 Å². The zero-order valence-electron chi connectivity index (χ0n) is 8.97. The molecule has 86 valence electrons. The molecule has 1 aromatic rings. The number of para-hydroxylation sites is 1. The molecule has 1 aromatic carbocycles. The quantitative estimate of drug-likeness (QED) is 0.474. The van der Waals surface area contributed by atoms with E-state index in [9.17, 15) is 14.7 Å². The summed E-state index contributed by atoms with van der Waals surface area (Å²) in [7, 11) is 0. The van der Waals surface area contributed by atoms with Crippen molar-refractivity contribution >= 4 is 11.9 Å². The van der Waals surface area contributed by atoms with E-state index in [0.717, 1.165) is 0 Å². The highest BCUT2D eigenvalue weighted by molar-refractivity contribution is 5.70. The molecule has 0 amide bonds. The van der Waals surface area contributed by atoms with Crippen LogP contribution in [0, 0.1) is 0 Å². The van der Waals surface area contributed by atoms with Gasteiger partial charge in [0.15, 0.2) is 0 Å². The summed E-state index contributed by atoms with van der Waals surface area (Å²) < 4.78 is 9.44. The molecule has 1 N–H and O–H groups in total. The lowest BCUT2D eigenvalue weighted by Crippen LogP contribution is -2.11. The van der Waals surface area contributed by atoms with Crippen LogP contribution in [-0.2, 0) is 14.3 Å². The minimum atomic E-state index is -1.44. The van der Waals surface area contributed by atoms with Gasteiger partial charge in [-0.05, 0) is 12.1 Å². The molecule has 0 bridgehead atoms. The smallest absolute Gasteiger partial charge is 0.308 e. The molecule has 0 unspecified atom stereocenters. The molecule has 0 spiro atoms. The summed E-state index contributed by atoms with van der Waals surface area (Å²) >= 11 is 0. The second-order valence-corrected chi connectivity index (χ2v) is 3.09. The number of hydrogen-bond donors (Lipinski definition) is 1. The molecule has 0 aliphatic carbocycles. The van der Waals surface area contributed by atoms with Crippen molar-refractivity contribution in [3.05, 3.63) is 29.8 Å². The summed E-state index contributed by atoms with van der Waals surface area (Å²) in [6.07, 6.45) is -1.44. The van der Waals surface area contributed by atoms with Crippen molar-refractivity contribution in [2.24, 2.45) is 0 Å². The molecule has 0 radical (unpaired) electrons. The molecule has 0 aromatic heterocycles. The number of ether oxygens (including phenoxy) is 2. The Bertz CT molecular complexity index is 399. The fourth-order valence-electron chi connectivity index (χ4n) is 1.15. The fourth-order valence-corrected chi connectivity index (χ4v) is 1.15. The lowest BCUT2D eigenvalue weighted by Gasteiger charge is -2.14. The molecular formula is C11H12O5. The van der Waals surface area contributed by atoms with Gasteiger partial charge in [0.1, 0.15) is 5.75 Å². The van der Waals surface area contributed by atoms with Crippen LogP contribution in [0.3, 0.4) is 0 Å². The number of aliphatic hydroxyl groups excluding tert-OH is 1. The van der Waals surface area contributed by atoms with Crippen LogP contribution in [-0.4, -0.2) is 17.0 Å². The molecule has 16 heavy (non-hydrogen) atoms. The third-order valence-corrected chi connectivity index (χ3v) is 1.72. The van der Waals surface area contributed by atoms with E-state index >= 15 is 0 Å². The predicted octanol–water partition coefficient (Wildman–Crippen LogP) is 1.17. The van der Waals surface area contributed by atoms with Crippen molar-refractivity contribution in [2.75, 3.05) is 0 Å². The predicted molar refractivity (Wildman–Crippen MR) is 54.5 cm³/mol. The molecule has 1 atom stereocenters. The van der Waals surface area contributed by atoms with Crippen LogP contribution in [0.25, 0.3) is 0 Å². The Morgan fingerprint density at radius 1 is 1.19 bits per heavy atom. The minimum absolute atomic E-state index is 0.170. The van der Waals surface area contributed by atoms with Crippen LogP contribution >= 0.6 is 0 Å². The first-order valence-corrected chi connectivity index (χ1v) is 4.63. The van der Waals surface area contributed by atoms with Crippen LogP contribution in [0.5, 0.6) is 5.75 Å². The first-order valence-electron chi connectivity index (χ1n) is 4.63. The first-order chi connectivity index (χ1) is 7.50. The highest BCUT2D eigenvalue weighted by atomic mass is 16.6. The summed E-state index contributed by atoms with van der Waals surface area (Å²) in [5.74, 6) is -0.962. The number of rotatable bonds is 3. The zero-order chi connectivity index (χ0) is 12.1. The molecule has 0 aliphatic heterocycles. The van der Waals surface area contributed by atoms with Gasteiger partial charge in [0.05, 0.1) is 5.56 Å². The molecule has 5 heteroatoms. The lowest BCUT2D eigenvalue weighted by atomic mass is 10.2. The maximum absolute atomic E-state index is 10.8. The van der Waals surface area contributed by atoms with Gasteiger partial charge in [-0.25, -0.2) is 0 Å². The van der Waals surface area contributed by atoms with Crippen molar-refractivity contribution in [3.63, 3.8) is 0 Å². The Morgan fingerprint density at radius 2 is 1.81 bits per heavy atom. The van der Waals surface area contributed by atoms with Gasteiger partial charge < -0.3 is 14.6 Å². The van der Waals surface area contributed by atoms with Crippen molar-refractivity contribution in [1.82, 2.24) is 0 Å². The Labute approximate surface area is 92.6 Å². The number of benzene rings is 1. The SMILES string of the molecule is CC(=O)Oc1ccccc1[C@@H](O)OC(C)=O.